The summed E-state index contributed by atoms with van der Waals surface area (Å²) in [6, 6.07) is 8.50. The van der Waals surface area contributed by atoms with Crippen molar-refractivity contribution in [3.05, 3.63) is 35.4 Å². The lowest BCUT2D eigenvalue weighted by Gasteiger charge is -2.29. The van der Waals surface area contributed by atoms with E-state index in [1.54, 1.807) is 0 Å². The van der Waals surface area contributed by atoms with Crippen LogP contribution in [0.1, 0.15) is 43.2 Å². The molecule has 1 N–H and O–H groups in total. The Morgan fingerprint density at radius 1 is 1.24 bits per heavy atom. The van der Waals surface area contributed by atoms with E-state index in [9.17, 15) is 4.79 Å². The predicted molar refractivity (Wildman–Crippen MR) is 86.6 cm³/mol. The number of carbonyl (C=O) groups excluding carboxylic acids is 1. The van der Waals surface area contributed by atoms with Crippen LogP contribution in [0.4, 0.5) is 0 Å². The molecule has 2 nitrogen and oxygen atoms in total. The van der Waals surface area contributed by atoms with Gasteiger partial charge in [0, 0.05) is 23.8 Å². The molecule has 1 unspecified atom stereocenters. The summed E-state index contributed by atoms with van der Waals surface area (Å²) in [6.45, 7) is 0.757. The van der Waals surface area contributed by atoms with Gasteiger partial charge in [-0.25, -0.2) is 0 Å². The molecule has 1 aromatic rings. The van der Waals surface area contributed by atoms with E-state index in [1.807, 2.05) is 0 Å². The first-order valence-electron chi connectivity index (χ1n) is 8.13. The Balaban J connectivity index is 1.57. The molecule has 3 rings (SSSR count). The third-order valence-corrected chi connectivity index (χ3v) is 5.87. The third kappa shape index (κ3) is 3.26. The van der Waals surface area contributed by atoms with Crippen molar-refractivity contribution in [1.29, 1.82) is 0 Å². The van der Waals surface area contributed by atoms with Gasteiger partial charge in [-0.15, -0.1) is 11.6 Å². The van der Waals surface area contributed by atoms with E-state index in [1.165, 1.54) is 24.0 Å². The van der Waals surface area contributed by atoms with Gasteiger partial charge in [-0.3, -0.25) is 4.79 Å². The molecule has 0 spiro atoms. The van der Waals surface area contributed by atoms with Gasteiger partial charge in [0.2, 0.25) is 5.91 Å². The molecule has 0 bridgehead atoms. The van der Waals surface area contributed by atoms with Gasteiger partial charge in [-0.2, -0.15) is 0 Å². The van der Waals surface area contributed by atoms with E-state index in [0.29, 0.717) is 5.88 Å². The molecule has 3 heteroatoms. The second-order valence-corrected chi connectivity index (χ2v) is 7.03. The van der Waals surface area contributed by atoms with Crippen LogP contribution in [0, 0.1) is 11.3 Å². The highest BCUT2D eigenvalue weighted by Gasteiger charge is 2.34. The number of fused-ring (bicyclic) bond motifs is 1. The molecule has 1 saturated carbocycles. The van der Waals surface area contributed by atoms with E-state index in [-0.39, 0.29) is 17.2 Å². The summed E-state index contributed by atoms with van der Waals surface area (Å²) in [5, 5.41) is 3.19. The summed E-state index contributed by atoms with van der Waals surface area (Å²) < 4.78 is 0. The maximum absolute atomic E-state index is 12.5. The number of carbonyl (C=O) groups is 1. The van der Waals surface area contributed by atoms with E-state index in [4.69, 9.17) is 11.6 Å². The predicted octanol–water partition coefficient (Wildman–Crippen LogP) is 3.71. The molecular weight excluding hydrogens is 282 g/mol. The summed E-state index contributed by atoms with van der Waals surface area (Å²) in [5.41, 5.74) is 2.91. The molecule has 21 heavy (non-hydrogen) atoms. The standard InChI is InChI=1S/C18H24ClNO/c19-12-18(9-3-4-10-18)13-20-17(21)16-8-7-14-5-1-2-6-15(14)11-16/h1-2,5-6,16H,3-4,7-13H2,(H,20,21). The van der Waals surface area contributed by atoms with Crippen LogP contribution >= 0.6 is 11.6 Å². The fourth-order valence-electron chi connectivity index (χ4n) is 3.82. The minimum atomic E-state index is 0.133. The van der Waals surface area contributed by atoms with Crippen molar-refractivity contribution >= 4 is 17.5 Å². The first-order chi connectivity index (χ1) is 10.2. The Morgan fingerprint density at radius 3 is 2.67 bits per heavy atom. The summed E-state index contributed by atoms with van der Waals surface area (Å²) in [4.78, 5) is 12.5. The number of aryl methyl sites for hydroxylation is 1. The first-order valence-corrected chi connectivity index (χ1v) is 8.66. The second-order valence-electron chi connectivity index (χ2n) is 6.77. The average molecular weight is 306 g/mol. The summed E-state index contributed by atoms with van der Waals surface area (Å²) >= 11 is 6.15. The van der Waals surface area contributed by atoms with Gasteiger partial charge >= 0.3 is 0 Å². The molecule has 2 aliphatic rings. The fourth-order valence-corrected chi connectivity index (χ4v) is 4.18. The molecular formula is C18H24ClNO. The lowest BCUT2D eigenvalue weighted by molar-refractivity contribution is -0.125. The molecule has 114 valence electrons. The van der Waals surface area contributed by atoms with E-state index >= 15 is 0 Å². The Bertz CT molecular complexity index is 508. The Hall–Kier alpha value is -1.02. The molecule has 1 aromatic carbocycles. The molecule has 2 aliphatic carbocycles. The lowest BCUT2D eigenvalue weighted by atomic mass is 9.83. The van der Waals surface area contributed by atoms with Crippen LogP contribution in [0.25, 0.3) is 0 Å². The SMILES string of the molecule is O=C(NCC1(CCl)CCCC1)C1CCc2ccccc2C1. The van der Waals surface area contributed by atoms with Crippen molar-refractivity contribution in [1.82, 2.24) is 5.32 Å². The number of rotatable bonds is 4. The molecule has 0 saturated heterocycles. The van der Waals surface area contributed by atoms with Crippen molar-refractivity contribution in [2.75, 3.05) is 12.4 Å². The van der Waals surface area contributed by atoms with Crippen molar-refractivity contribution in [2.24, 2.45) is 11.3 Å². The number of hydrogen-bond donors (Lipinski definition) is 1. The summed E-state index contributed by atoms with van der Waals surface area (Å²) in [6.07, 6.45) is 7.69. The number of amides is 1. The lowest BCUT2D eigenvalue weighted by Crippen LogP contribution is -2.41. The number of alkyl halides is 1. The van der Waals surface area contributed by atoms with Crippen LogP contribution in [-0.4, -0.2) is 18.3 Å². The molecule has 0 heterocycles. The van der Waals surface area contributed by atoms with Gasteiger partial charge < -0.3 is 5.32 Å². The maximum atomic E-state index is 12.5. The van der Waals surface area contributed by atoms with Crippen LogP contribution < -0.4 is 5.32 Å². The molecule has 1 amide bonds. The highest BCUT2D eigenvalue weighted by atomic mass is 35.5. The van der Waals surface area contributed by atoms with Gasteiger partial charge in [0.15, 0.2) is 0 Å². The maximum Gasteiger partial charge on any atom is 0.223 e. The van der Waals surface area contributed by atoms with Crippen molar-refractivity contribution in [2.45, 2.75) is 44.9 Å². The normalized spacial score (nSPS) is 23.6. The van der Waals surface area contributed by atoms with Gasteiger partial charge in [0.05, 0.1) is 0 Å². The molecule has 0 aliphatic heterocycles. The van der Waals surface area contributed by atoms with E-state index in [0.717, 1.165) is 38.6 Å². The summed E-state index contributed by atoms with van der Waals surface area (Å²) in [5.74, 6) is 1.02. The van der Waals surface area contributed by atoms with E-state index < -0.39 is 0 Å². The zero-order valence-electron chi connectivity index (χ0n) is 12.5. The number of nitrogens with one attached hydrogen (secondary N) is 1. The molecule has 1 fully saturated rings. The highest BCUT2D eigenvalue weighted by molar-refractivity contribution is 6.18. The van der Waals surface area contributed by atoms with Gasteiger partial charge in [0.1, 0.15) is 0 Å². The number of benzene rings is 1. The Labute approximate surface area is 132 Å². The topological polar surface area (TPSA) is 29.1 Å². The van der Waals surface area contributed by atoms with Crippen molar-refractivity contribution in [3.63, 3.8) is 0 Å². The second kappa shape index (κ2) is 6.39. The van der Waals surface area contributed by atoms with Crippen LogP contribution in [-0.2, 0) is 17.6 Å². The number of halogens is 1. The van der Waals surface area contributed by atoms with Gasteiger partial charge in [-0.1, -0.05) is 37.1 Å². The summed E-state index contributed by atoms with van der Waals surface area (Å²) in [7, 11) is 0. The first kappa shape index (κ1) is 14.9. The smallest absolute Gasteiger partial charge is 0.223 e. The molecule has 0 aromatic heterocycles. The zero-order valence-corrected chi connectivity index (χ0v) is 13.3. The number of hydrogen-bond acceptors (Lipinski definition) is 1. The van der Waals surface area contributed by atoms with Crippen LogP contribution in [0.2, 0.25) is 0 Å². The average Bonchev–Trinajstić information content (AvgIpc) is 3.01. The van der Waals surface area contributed by atoms with Crippen LogP contribution in [0.15, 0.2) is 24.3 Å². The Kier molecular flexibility index (Phi) is 4.54. The largest absolute Gasteiger partial charge is 0.355 e. The van der Waals surface area contributed by atoms with Crippen molar-refractivity contribution in [3.8, 4) is 0 Å². The van der Waals surface area contributed by atoms with Crippen LogP contribution in [0.3, 0.4) is 0 Å². The Morgan fingerprint density at radius 2 is 1.95 bits per heavy atom. The van der Waals surface area contributed by atoms with Crippen LogP contribution in [0.5, 0.6) is 0 Å². The fraction of sp³-hybridized carbons (Fsp3) is 0.611. The quantitative estimate of drug-likeness (QED) is 0.844. The van der Waals surface area contributed by atoms with Gasteiger partial charge in [-0.05, 0) is 43.2 Å². The molecule has 1 atom stereocenters. The van der Waals surface area contributed by atoms with Crippen molar-refractivity contribution < 1.29 is 4.79 Å². The molecule has 0 radical (unpaired) electrons. The minimum Gasteiger partial charge on any atom is -0.355 e. The minimum absolute atomic E-state index is 0.133. The monoisotopic (exact) mass is 305 g/mol. The third-order valence-electron chi connectivity index (χ3n) is 5.30. The van der Waals surface area contributed by atoms with E-state index in [2.05, 4.69) is 29.6 Å². The van der Waals surface area contributed by atoms with Gasteiger partial charge in [0.25, 0.3) is 0 Å². The highest BCUT2D eigenvalue weighted by Crippen LogP contribution is 2.38. The zero-order chi connectivity index (χ0) is 14.7.